The van der Waals surface area contributed by atoms with Crippen LogP contribution in [0.4, 0.5) is 0 Å². The first-order chi connectivity index (χ1) is 5.69. The monoisotopic (exact) mass is 167 g/mol. The van der Waals surface area contributed by atoms with E-state index in [1.807, 2.05) is 14.0 Å². The van der Waals surface area contributed by atoms with E-state index in [0.29, 0.717) is 5.69 Å². The largest absolute Gasteiger partial charge is 0.354 e. The summed E-state index contributed by atoms with van der Waals surface area (Å²) in [5, 5.41) is 6.59. The summed E-state index contributed by atoms with van der Waals surface area (Å²) in [6, 6.07) is 1.80. The Hall–Kier alpha value is -1.32. The lowest BCUT2D eigenvalue weighted by atomic mass is 10.3. The maximum atomic E-state index is 11.1. The van der Waals surface area contributed by atoms with Gasteiger partial charge in [-0.1, -0.05) is 6.92 Å². The van der Waals surface area contributed by atoms with Crippen molar-refractivity contribution in [2.24, 2.45) is 7.05 Å². The van der Waals surface area contributed by atoms with Crippen molar-refractivity contribution in [2.45, 2.75) is 13.3 Å². The number of carbonyl (C=O) groups excluding carboxylic acids is 1. The Kier molecular flexibility index (Phi) is 2.47. The number of carbonyl (C=O) groups is 1. The standard InChI is InChI=1S/C8H13N3O/c1-4-6-5-7(8(12)9-2)10-11(6)3/h5H,4H2,1-3H3,(H,9,12). The van der Waals surface area contributed by atoms with Crippen molar-refractivity contribution in [3.63, 3.8) is 0 Å². The van der Waals surface area contributed by atoms with E-state index in [4.69, 9.17) is 0 Å². The Morgan fingerprint density at radius 2 is 2.42 bits per heavy atom. The van der Waals surface area contributed by atoms with Gasteiger partial charge in [0.05, 0.1) is 0 Å². The SMILES string of the molecule is CCc1cc(C(=O)NC)nn1C. The van der Waals surface area contributed by atoms with Crippen LogP contribution >= 0.6 is 0 Å². The third-order valence-corrected chi connectivity index (χ3v) is 1.80. The smallest absolute Gasteiger partial charge is 0.271 e. The van der Waals surface area contributed by atoms with Gasteiger partial charge in [0.15, 0.2) is 0 Å². The fraction of sp³-hybridized carbons (Fsp3) is 0.500. The van der Waals surface area contributed by atoms with Crippen molar-refractivity contribution in [3.05, 3.63) is 17.5 Å². The van der Waals surface area contributed by atoms with Crippen LogP contribution in [0, 0.1) is 0 Å². The van der Waals surface area contributed by atoms with Crippen molar-refractivity contribution in [3.8, 4) is 0 Å². The minimum atomic E-state index is -0.134. The quantitative estimate of drug-likeness (QED) is 0.690. The lowest BCUT2D eigenvalue weighted by Crippen LogP contribution is -2.18. The van der Waals surface area contributed by atoms with Crippen LogP contribution in [0.2, 0.25) is 0 Å². The molecule has 66 valence electrons. The van der Waals surface area contributed by atoms with E-state index in [9.17, 15) is 4.79 Å². The molecule has 0 fully saturated rings. The number of aryl methyl sites for hydroxylation is 2. The molecule has 0 unspecified atom stereocenters. The molecule has 0 saturated heterocycles. The fourth-order valence-electron chi connectivity index (χ4n) is 1.08. The minimum Gasteiger partial charge on any atom is -0.354 e. The zero-order valence-corrected chi connectivity index (χ0v) is 7.59. The molecule has 0 aromatic carbocycles. The fourth-order valence-corrected chi connectivity index (χ4v) is 1.08. The minimum absolute atomic E-state index is 0.134. The van der Waals surface area contributed by atoms with E-state index < -0.39 is 0 Å². The van der Waals surface area contributed by atoms with Gasteiger partial charge in [0, 0.05) is 19.8 Å². The molecule has 1 aromatic heterocycles. The molecule has 4 nitrogen and oxygen atoms in total. The van der Waals surface area contributed by atoms with E-state index in [2.05, 4.69) is 10.4 Å². The summed E-state index contributed by atoms with van der Waals surface area (Å²) in [4.78, 5) is 11.1. The van der Waals surface area contributed by atoms with E-state index in [-0.39, 0.29) is 5.91 Å². The summed E-state index contributed by atoms with van der Waals surface area (Å²) < 4.78 is 1.73. The van der Waals surface area contributed by atoms with Crippen LogP contribution < -0.4 is 5.32 Å². The number of hydrogen-bond acceptors (Lipinski definition) is 2. The highest BCUT2D eigenvalue weighted by atomic mass is 16.1. The van der Waals surface area contributed by atoms with Crippen molar-refractivity contribution in [2.75, 3.05) is 7.05 Å². The van der Waals surface area contributed by atoms with Gasteiger partial charge in [-0.3, -0.25) is 9.48 Å². The van der Waals surface area contributed by atoms with Gasteiger partial charge >= 0.3 is 0 Å². The van der Waals surface area contributed by atoms with Crippen LogP contribution in [0.5, 0.6) is 0 Å². The van der Waals surface area contributed by atoms with Crippen molar-refractivity contribution < 1.29 is 4.79 Å². The molecule has 12 heavy (non-hydrogen) atoms. The van der Waals surface area contributed by atoms with Gasteiger partial charge in [-0.05, 0) is 12.5 Å². The van der Waals surface area contributed by atoms with Gasteiger partial charge in [0.1, 0.15) is 5.69 Å². The van der Waals surface area contributed by atoms with E-state index in [1.165, 1.54) is 0 Å². The zero-order valence-electron chi connectivity index (χ0n) is 7.59. The molecule has 1 N–H and O–H groups in total. The Balaban J connectivity index is 2.96. The molecular formula is C8H13N3O. The predicted molar refractivity (Wildman–Crippen MR) is 46.0 cm³/mol. The first kappa shape index (κ1) is 8.77. The summed E-state index contributed by atoms with van der Waals surface area (Å²) in [6.07, 6.45) is 0.889. The van der Waals surface area contributed by atoms with Gasteiger partial charge in [-0.25, -0.2) is 0 Å². The van der Waals surface area contributed by atoms with Crippen LogP contribution in [0.3, 0.4) is 0 Å². The normalized spacial score (nSPS) is 9.92. The highest BCUT2D eigenvalue weighted by Crippen LogP contribution is 2.02. The Morgan fingerprint density at radius 1 is 1.75 bits per heavy atom. The molecule has 0 saturated carbocycles. The van der Waals surface area contributed by atoms with Crippen LogP contribution in [-0.4, -0.2) is 22.7 Å². The predicted octanol–water partition coefficient (Wildman–Crippen LogP) is 0.342. The maximum Gasteiger partial charge on any atom is 0.271 e. The van der Waals surface area contributed by atoms with Gasteiger partial charge in [-0.2, -0.15) is 5.10 Å². The first-order valence-corrected chi connectivity index (χ1v) is 3.94. The molecule has 1 aromatic rings. The number of nitrogens with zero attached hydrogens (tertiary/aromatic N) is 2. The van der Waals surface area contributed by atoms with Crippen molar-refractivity contribution in [1.82, 2.24) is 15.1 Å². The second-order valence-corrected chi connectivity index (χ2v) is 2.58. The third-order valence-electron chi connectivity index (χ3n) is 1.80. The van der Waals surface area contributed by atoms with Gasteiger partial charge in [0.25, 0.3) is 5.91 Å². The van der Waals surface area contributed by atoms with E-state index in [0.717, 1.165) is 12.1 Å². The molecule has 1 heterocycles. The summed E-state index contributed by atoms with van der Waals surface area (Å²) in [6.45, 7) is 2.03. The molecule has 0 aliphatic carbocycles. The summed E-state index contributed by atoms with van der Waals surface area (Å²) in [5.41, 5.74) is 1.55. The Morgan fingerprint density at radius 3 is 2.83 bits per heavy atom. The Labute approximate surface area is 71.6 Å². The second-order valence-electron chi connectivity index (χ2n) is 2.58. The zero-order chi connectivity index (χ0) is 9.14. The molecule has 0 atom stereocenters. The summed E-state index contributed by atoms with van der Waals surface area (Å²) in [7, 11) is 3.44. The first-order valence-electron chi connectivity index (χ1n) is 3.94. The molecule has 4 heteroatoms. The Bertz CT molecular complexity index is 290. The molecule has 0 bridgehead atoms. The van der Waals surface area contributed by atoms with Gasteiger partial charge < -0.3 is 5.32 Å². The molecule has 0 aliphatic heterocycles. The highest BCUT2D eigenvalue weighted by Gasteiger charge is 2.09. The van der Waals surface area contributed by atoms with E-state index >= 15 is 0 Å². The lowest BCUT2D eigenvalue weighted by Gasteiger charge is -1.93. The molecule has 0 radical (unpaired) electrons. The molecule has 1 amide bonds. The van der Waals surface area contributed by atoms with Crippen LogP contribution in [-0.2, 0) is 13.5 Å². The van der Waals surface area contributed by atoms with Gasteiger partial charge in [0.2, 0.25) is 0 Å². The lowest BCUT2D eigenvalue weighted by molar-refractivity contribution is 0.0957. The maximum absolute atomic E-state index is 11.1. The van der Waals surface area contributed by atoms with Crippen LogP contribution in [0.1, 0.15) is 23.1 Å². The number of aromatic nitrogens is 2. The van der Waals surface area contributed by atoms with E-state index in [1.54, 1.807) is 17.8 Å². The van der Waals surface area contributed by atoms with Crippen molar-refractivity contribution >= 4 is 5.91 Å². The average molecular weight is 167 g/mol. The molecule has 1 rings (SSSR count). The summed E-state index contributed by atoms with van der Waals surface area (Å²) >= 11 is 0. The third kappa shape index (κ3) is 1.47. The van der Waals surface area contributed by atoms with Crippen LogP contribution in [0.25, 0.3) is 0 Å². The molecule has 0 spiro atoms. The number of amides is 1. The average Bonchev–Trinajstić information content (AvgIpc) is 2.45. The topological polar surface area (TPSA) is 46.9 Å². The van der Waals surface area contributed by atoms with Crippen molar-refractivity contribution in [1.29, 1.82) is 0 Å². The summed E-state index contributed by atoms with van der Waals surface area (Å²) in [5.74, 6) is -0.134. The number of hydrogen-bond donors (Lipinski definition) is 1. The number of rotatable bonds is 2. The molecule has 0 aliphatic rings. The van der Waals surface area contributed by atoms with Crippen LogP contribution in [0.15, 0.2) is 6.07 Å². The second kappa shape index (κ2) is 3.38. The molecular weight excluding hydrogens is 154 g/mol. The van der Waals surface area contributed by atoms with Gasteiger partial charge in [-0.15, -0.1) is 0 Å². The highest BCUT2D eigenvalue weighted by molar-refractivity contribution is 5.92. The number of nitrogens with one attached hydrogen (secondary N) is 1.